The van der Waals surface area contributed by atoms with Gasteiger partial charge in [-0.3, -0.25) is 4.79 Å². The van der Waals surface area contributed by atoms with Crippen LogP contribution in [-0.4, -0.2) is 37.0 Å². The Hall–Kier alpha value is -0.570. The van der Waals surface area contributed by atoms with Crippen LogP contribution < -0.4 is 5.32 Å². The van der Waals surface area contributed by atoms with Gasteiger partial charge in [-0.05, 0) is 33.2 Å². The van der Waals surface area contributed by atoms with Gasteiger partial charge in [0.25, 0.3) is 0 Å². The number of likely N-dealkylation sites (tertiary alicyclic amines) is 1. The van der Waals surface area contributed by atoms with Crippen molar-refractivity contribution in [3.63, 3.8) is 0 Å². The van der Waals surface area contributed by atoms with Crippen molar-refractivity contribution in [2.75, 3.05) is 20.1 Å². The van der Waals surface area contributed by atoms with Crippen molar-refractivity contribution in [1.29, 1.82) is 0 Å². The smallest absolute Gasteiger partial charge is 0.224 e. The Morgan fingerprint density at radius 1 is 1.54 bits per heavy atom. The number of nitrogens with one attached hydrogen (secondary N) is 1. The molecule has 3 heteroatoms. The van der Waals surface area contributed by atoms with E-state index in [9.17, 15) is 4.79 Å². The normalized spacial score (nSPS) is 23.2. The fourth-order valence-electron chi connectivity index (χ4n) is 1.84. The van der Waals surface area contributed by atoms with Crippen LogP contribution in [0, 0.1) is 0 Å². The van der Waals surface area contributed by atoms with E-state index in [1.54, 1.807) is 0 Å². The molecule has 0 bridgehead atoms. The van der Waals surface area contributed by atoms with Gasteiger partial charge in [0.15, 0.2) is 0 Å². The van der Waals surface area contributed by atoms with Crippen LogP contribution >= 0.6 is 0 Å². The zero-order valence-electron chi connectivity index (χ0n) is 8.68. The van der Waals surface area contributed by atoms with E-state index in [1.165, 1.54) is 19.3 Å². The fourth-order valence-corrected chi connectivity index (χ4v) is 1.84. The lowest BCUT2D eigenvalue weighted by Gasteiger charge is -2.33. The minimum absolute atomic E-state index is 0.307. The molecular formula is C10H20N2O. The maximum atomic E-state index is 11.7. The van der Waals surface area contributed by atoms with Crippen LogP contribution in [0.25, 0.3) is 0 Å². The van der Waals surface area contributed by atoms with E-state index in [1.807, 2.05) is 11.9 Å². The second-order valence-electron chi connectivity index (χ2n) is 3.79. The first-order valence-electron chi connectivity index (χ1n) is 5.19. The van der Waals surface area contributed by atoms with E-state index in [4.69, 9.17) is 0 Å². The van der Waals surface area contributed by atoms with Gasteiger partial charge >= 0.3 is 0 Å². The standard InChI is InChI=1S/C10H20N2O/c1-9-5-3-4-8-12(9)10(13)6-7-11-2/h9,11H,3-8H2,1-2H3. The Morgan fingerprint density at radius 3 is 2.92 bits per heavy atom. The predicted molar refractivity (Wildman–Crippen MR) is 53.6 cm³/mol. The molecule has 1 heterocycles. The zero-order valence-corrected chi connectivity index (χ0v) is 8.68. The number of carbonyl (C=O) groups is 1. The van der Waals surface area contributed by atoms with Crippen LogP contribution in [-0.2, 0) is 4.79 Å². The Balaban J connectivity index is 2.35. The predicted octanol–water partition coefficient (Wildman–Crippen LogP) is 0.997. The van der Waals surface area contributed by atoms with Crippen LogP contribution in [0.5, 0.6) is 0 Å². The summed E-state index contributed by atoms with van der Waals surface area (Å²) >= 11 is 0. The number of hydrogen-bond acceptors (Lipinski definition) is 2. The minimum Gasteiger partial charge on any atom is -0.340 e. The van der Waals surface area contributed by atoms with Gasteiger partial charge in [-0.1, -0.05) is 0 Å². The number of rotatable bonds is 3. The summed E-state index contributed by atoms with van der Waals surface area (Å²) in [5, 5.41) is 3.01. The maximum absolute atomic E-state index is 11.7. The summed E-state index contributed by atoms with van der Waals surface area (Å²) in [5.41, 5.74) is 0. The highest BCUT2D eigenvalue weighted by atomic mass is 16.2. The van der Waals surface area contributed by atoms with Gasteiger partial charge < -0.3 is 10.2 Å². The number of amides is 1. The van der Waals surface area contributed by atoms with Crippen LogP contribution in [0.2, 0.25) is 0 Å². The van der Waals surface area contributed by atoms with Crippen LogP contribution in [0.15, 0.2) is 0 Å². The molecule has 0 aromatic heterocycles. The molecule has 0 aromatic carbocycles. The molecule has 1 atom stereocenters. The largest absolute Gasteiger partial charge is 0.340 e. The van der Waals surface area contributed by atoms with Gasteiger partial charge in [-0.2, -0.15) is 0 Å². The summed E-state index contributed by atoms with van der Waals surface area (Å²) in [7, 11) is 1.88. The fraction of sp³-hybridized carbons (Fsp3) is 0.900. The number of piperidine rings is 1. The molecule has 1 unspecified atom stereocenters. The summed E-state index contributed by atoms with van der Waals surface area (Å²) in [4.78, 5) is 13.7. The number of hydrogen-bond donors (Lipinski definition) is 1. The van der Waals surface area contributed by atoms with Crippen molar-refractivity contribution >= 4 is 5.91 Å². The summed E-state index contributed by atoms with van der Waals surface area (Å²) in [6.45, 7) is 3.90. The summed E-state index contributed by atoms with van der Waals surface area (Å²) < 4.78 is 0. The molecule has 13 heavy (non-hydrogen) atoms. The van der Waals surface area contributed by atoms with Crippen LogP contribution in [0.3, 0.4) is 0 Å². The first-order valence-corrected chi connectivity index (χ1v) is 5.19. The first kappa shape index (κ1) is 10.5. The molecule has 0 radical (unpaired) electrons. The third-order valence-electron chi connectivity index (χ3n) is 2.71. The third kappa shape index (κ3) is 2.99. The highest BCUT2D eigenvalue weighted by Crippen LogP contribution is 2.16. The van der Waals surface area contributed by atoms with Gasteiger partial charge in [-0.25, -0.2) is 0 Å². The molecule has 0 saturated carbocycles. The van der Waals surface area contributed by atoms with Gasteiger partial charge in [0.05, 0.1) is 0 Å². The topological polar surface area (TPSA) is 32.3 Å². The van der Waals surface area contributed by atoms with Crippen molar-refractivity contribution in [2.24, 2.45) is 0 Å². The lowest BCUT2D eigenvalue weighted by Crippen LogP contribution is -2.42. The zero-order chi connectivity index (χ0) is 9.68. The second kappa shape index (κ2) is 5.22. The molecule has 0 spiro atoms. The number of nitrogens with zero attached hydrogens (tertiary/aromatic N) is 1. The van der Waals surface area contributed by atoms with E-state index in [2.05, 4.69) is 12.2 Å². The average Bonchev–Trinajstić information content (AvgIpc) is 2.15. The van der Waals surface area contributed by atoms with Crippen molar-refractivity contribution < 1.29 is 4.79 Å². The Bertz CT molecular complexity index is 170. The number of carbonyl (C=O) groups excluding carboxylic acids is 1. The Morgan fingerprint density at radius 2 is 2.31 bits per heavy atom. The molecule has 1 saturated heterocycles. The van der Waals surface area contributed by atoms with E-state index in [0.717, 1.165) is 13.1 Å². The lowest BCUT2D eigenvalue weighted by molar-refractivity contribution is -0.134. The van der Waals surface area contributed by atoms with Crippen LogP contribution in [0.4, 0.5) is 0 Å². The van der Waals surface area contributed by atoms with Gasteiger partial charge in [0.1, 0.15) is 0 Å². The lowest BCUT2D eigenvalue weighted by atomic mass is 10.0. The van der Waals surface area contributed by atoms with Crippen molar-refractivity contribution in [2.45, 2.75) is 38.6 Å². The van der Waals surface area contributed by atoms with E-state index in [-0.39, 0.29) is 0 Å². The third-order valence-corrected chi connectivity index (χ3v) is 2.71. The summed E-state index contributed by atoms with van der Waals surface area (Å²) in [6, 6.07) is 0.457. The van der Waals surface area contributed by atoms with Gasteiger partial charge in [-0.15, -0.1) is 0 Å². The molecule has 1 rings (SSSR count). The monoisotopic (exact) mass is 184 g/mol. The first-order chi connectivity index (χ1) is 6.25. The molecule has 1 amide bonds. The van der Waals surface area contributed by atoms with Crippen molar-refractivity contribution in [1.82, 2.24) is 10.2 Å². The Kier molecular flexibility index (Phi) is 4.22. The molecule has 0 aromatic rings. The van der Waals surface area contributed by atoms with Gasteiger partial charge in [0, 0.05) is 25.6 Å². The molecule has 1 fully saturated rings. The molecule has 0 aliphatic carbocycles. The van der Waals surface area contributed by atoms with Crippen LogP contribution in [0.1, 0.15) is 32.6 Å². The molecule has 1 N–H and O–H groups in total. The van der Waals surface area contributed by atoms with Crippen molar-refractivity contribution in [3.05, 3.63) is 0 Å². The molecule has 1 aliphatic rings. The van der Waals surface area contributed by atoms with Gasteiger partial charge in [0.2, 0.25) is 5.91 Å². The van der Waals surface area contributed by atoms with E-state index < -0.39 is 0 Å². The molecule has 76 valence electrons. The second-order valence-corrected chi connectivity index (χ2v) is 3.79. The average molecular weight is 184 g/mol. The summed E-state index contributed by atoms with van der Waals surface area (Å²) in [6.07, 6.45) is 4.26. The summed E-state index contributed by atoms with van der Waals surface area (Å²) in [5.74, 6) is 0.307. The van der Waals surface area contributed by atoms with Crippen molar-refractivity contribution in [3.8, 4) is 0 Å². The molecule has 1 aliphatic heterocycles. The highest BCUT2D eigenvalue weighted by Gasteiger charge is 2.21. The SMILES string of the molecule is CNCCC(=O)N1CCCCC1C. The Labute approximate surface area is 80.5 Å². The molecular weight excluding hydrogens is 164 g/mol. The van der Waals surface area contributed by atoms with E-state index >= 15 is 0 Å². The minimum atomic E-state index is 0.307. The van der Waals surface area contributed by atoms with E-state index in [0.29, 0.717) is 18.4 Å². The molecule has 3 nitrogen and oxygen atoms in total. The maximum Gasteiger partial charge on any atom is 0.224 e. The quantitative estimate of drug-likeness (QED) is 0.709. The highest BCUT2D eigenvalue weighted by molar-refractivity contribution is 5.76.